The van der Waals surface area contributed by atoms with Gasteiger partial charge in [-0.15, -0.1) is 24.0 Å². The number of nitrogens with zero attached hydrogens (tertiary/aromatic N) is 2. The number of rotatable bonds is 7. The van der Waals surface area contributed by atoms with Crippen molar-refractivity contribution in [1.82, 2.24) is 15.5 Å². The van der Waals surface area contributed by atoms with E-state index in [0.29, 0.717) is 25.2 Å². The van der Waals surface area contributed by atoms with E-state index in [2.05, 4.69) is 47.7 Å². The highest BCUT2D eigenvalue weighted by molar-refractivity contribution is 14.0. The summed E-state index contributed by atoms with van der Waals surface area (Å²) in [6, 6.07) is 8.01. The van der Waals surface area contributed by atoms with Crippen LogP contribution in [0.1, 0.15) is 45.1 Å². The minimum Gasteiger partial charge on any atom is -0.373 e. The van der Waals surface area contributed by atoms with Crippen molar-refractivity contribution in [1.29, 1.82) is 0 Å². The molecule has 2 heterocycles. The molecular formula is C22H36IN5O2. The lowest BCUT2D eigenvalue weighted by Gasteiger charge is -2.35. The Morgan fingerprint density at radius 1 is 1.23 bits per heavy atom. The number of fused-ring (bicyclic) bond motifs is 1. The van der Waals surface area contributed by atoms with E-state index in [9.17, 15) is 4.79 Å². The normalized spacial score (nSPS) is 24.4. The molecule has 0 spiro atoms. The summed E-state index contributed by atoms with van der Waals surface area (Å²) in [4.78, 5) is 19.2. The number of morpholine rings is 1. The summed E-state index contributed by atoms with van der Waals surface area (Å²) in [5, 5.41) is 9.70. The third-order valence-electron chi connectivity index (χ3n) is 5.36. The number of hydrogen-bond donors (Lipinski definition) is 3. The first kappa shape index (κ1) is 24.9. The highest BCUT2D eigenvalue weighted by Crippen LogP contribution is 2.31. The summed E-state index contributed by atoms with van der Waals surface area (Å²) in [6.07, 6.45) is 2.15. The summed E-state index contributed by atoms with van der Waals surface area (Å²) < 4.78 is 5.80. The largest absolute Gasteiger partial charge is 0.373 e. The molecule has 7 nitrogen and oxygen atoms in total. The van der Waals surface area contributed by atoms with Crippen molar-refractivity contribution in [3.8, 4) is 0 Å². The standard InChI is InChI=1S/C22H35N5O2.HI/c1-4-23-22(24-10-7-11-27-14-16(2)29-17(3)15-27)25-13-18-12-21(28)26-20-9-6-5-8-19(18)20;/h5-6,8-9,16-18H,4,7,10-15H2,1-3H3,(H,26,28)(H2,23,24,25);1H. The Morgan fingerprint density at radius 2 is 1.97 bits per heavy atom. The van der Waals surface area contributed by atoms with Gasteiger partial charge in [-0.2, -0.15) is 0 Å². The van der Waals surface area contributed by atoms with Crippen LogP contribution >= 0.6 is 24.0 Å². The van der Waals surface area contributed by atoms with Crippen LogP contribution in [0.15, 0.2) is 29.3 Å². The number of benzene rings is 1. The molecule has 0 saturated carbocycles. The van der Waals surface area contributed by atoms with Crippen molar-refractivity contribution in [2.24, 2.45) is 4.99 Å². The van der Waals surface area contributed by atoms with E-state index in [-0.39, 0.29) is 35.8 Å². The number of halogens is 1. The summed E-state index contributed by atoms with van der Waals surface area (Å²) in [5.41, 5.74) is 2.08. The maximum absolute atomic E-state index is 12.0. The molecule has 3 rings (SSSR count). The summed E-state index contributed by atoms with van der Waals surface area (Å²) in [5.74, 6) is 1.00. The number of nitrogens with one attached hydrogen (secondary N) is 3. The number of aliphatic imine (C=N–C) groups is 1. The lowest BCUT2D eigenvalue weighted by Crippen LogP contribution is -2.46. The SMILES string of the molecule is CCNC(=NCC1CC(=O)Nc2ccccc21)NCCCN1CC(C)OC(C)C1.I. The fraction of sp³-hybridized carbons (Fsp3) is 0.636. The Hall–Kier alpha value is -1.39. The lowest BCUT2D eigenvalue weighted by atomic mass is 9.91. The zero-order chi connectivity index (χ0) is 20.6. The fourth-order valence-corrected chi connectivity index (χ4v) is 4.18. The first-order chi connectivity index (χ1) is 14.0. The van der Waals surface area contributed by atoms with Crippen LogP contribution in [0, 0.1) is 0 Å². The molecule has 3 unspecified atom stereocenters. The molecule has 0 radical (unpaired) electrons. The van der Waals surface area contributed by atoms with Crippen molar-refractivity contribution < 1.29 is 9.53 Å². The Morgan fingerprint density at radius 3 is 2.70 bits per heavy atom. The molecule has 8 heteroatoms. The van der Waals surface area contributed by atoms with Gasteiger partial charge in [0.1, 0.15) is 0 Å². The summed E-state index contributed by atoms with van der Waals surface area (Å²) in [6.45, 7) is 11.7. The number of anilines is 1. The van der Waals surface area contributed by atoms with Crippen molar-refractivity contribution in [3.05, 3.63) is 29.8 Å². The monoisotopic (exact) mass is 529 g/mol. The van der Waals surface area contributed by atoms with Crippen LogP contribution in [-0.2, 0) is 9.53 Å². The smallest absolute Gasteiger partial charge is 0.225 e. The van der Waals surface area contributed by atoms with Gasteiger partial charge in [-0.25, -0.2) is 0 Å². The van der Waals surface area contributed by atoms with E-state index >= 15 is 0 Å². The van der Waals surface area contributed by atoms with Gasteiger partial charge < -0.3 is 20.7 Å². The zero-order valence-electron chi connectivity index (χ0n) is 18.3. The molecule has 1 fully saturated rings. The highest BCUT2D eigenvalue weighted by Gasteiger charge is 2.24. The number of carbonyl (C=O) groups excluding carboxylic acids is 1. The van der Waals surface area contributed by atoms with Crippen molar-refractivity contribution >= 4 is 41.5 Å². The Labute approximate surface area is 197 Å². The Bertz CT molecular complexity index is 705. The predicted molar refractivity (Wildman–Crippen MR) is 133 cm³/mol. The number of carbonyl (C=O) groups is 1. The van der Waals surface area contributed by atoms with Gasteiger partial charge in [-0.3, -0.25) is 14.7 Å². The number of ether oxygens (including phenoxy) is 1. The average molecular weight is 529 g/mol. The molecule has 1 aromatic rings. The maximum Gasteiger partial charge on any atom is 0.225 e. The number of amides is 1. The maximum atomic E-state index is 12.0. The van der Waals surface area contributed by atoms with E-state index < -0.39 is 0 Å². The third-order valence-corrected chi connectivity index (χ3v) is 5.36. The van der Waals surface area contributed by atoms with Gasteiger partial charge in [0.05, 0.1) is 18.8 Å². The first-order valence-electron chi connectivity index (χ1n) is 10.8. The van der Waals surface area contributed by atoms with Crippen molar-refractivity contribution in [2.75, 3.05) is 44.6 Å². The second-order valence-electron chi connectivity index (χ2n) is 8.05. The van der Waals surface area contributed by atoms with E-state index in [1.807, 2.05) is 18.2 Å². The van der Waals surface area contributed by atoms with Crippen LogP contribution in [0.4, 0.5) is 5.69 Å². The summed E-state index contributed by atoms with van der Waals surface area (Å²) >= 11 is 0. The lowest BCUT2D eigenvalue weighted by molar-refractivity contribution is -0.116. The van der Waals surface area contributed by atoms with Gasteiger partial charge in [-0.1, -0.05) is 18.2 Å². The topological polar surface area (TPSA) is 78.0 Å². The fourth-order valence-electron chi connectivity index (χ4n) is 4.18. The Balaban J connectivity index is 0.00000320. The molecule has 168 valence electrons. The average Bonchev–Trinajstić information content (AvgIpc) is 2.68. The van der Waals surface area contributed by atoms with E-state index in [1.54, 1.807) is 0 Å². The molecule has 3 N–H and O–H groups in total. The van der Waals surface area contributed by atoms with Crippen LogP contribution in [0.2, 0.25) is 0 Å². The minimum absolute atomic E-state index is 0. The minimum atomic E-state index is 0. The molecule has 3 atom stereocenters. The molecule has 30 heavy (non-hydrogen) atoms. The van der Waals surface area contributed by atoms with Crippen LogP contribution in [0.3, 0.4) is 0 Å². The molecular weight excluding hydrogens is 493 g/mol. The molecule has 2 aliphatic rings. The van der Waals surface area contributed by atoms with Crippen LogP contribution < -0.4 is 16.0 Å². The van der Waals surface area contributed by atoms with Gasteiger partial charge in [0.15, 0.2) is 5.96 Å². The highest BCUT2D eigenvalue weighted by atomic mass is 127. The van der Waals surface area contributed by atoms with Gasteiger partial charge in [0, 0.05) is 50.7 Å². The Kier molecular flexibility index (Phi) is 10.3. The van der Waals surface area contributed by atoms with E-state index in [1.165, 1.54) is 5.56 Å². The van der Waals surface area contributed by atoms with Crippen LogP contribution in [-0.4, -0.2) is 68.2 Å². The molecule has 1 saturated heterocycles. The van der Waals surface area contributed by atoms with Gasteiger partial charge in [-0.05, 0) is 38.8 Å². The third kappa shape index (κ3) is 7.39. The summed E-state index contributed by atoms with van der Waals surface area (Å²) in [7, 11) is 0. The van der Waals surface area contributed by atoms with Gasteiger partial charge in [0.2, 0.25) is 5.91 Å². The second kappa shape index (κ2) is 12.5. The molecule has 0 aliphatic carbocycles. The van der Waals surface area contributed by atoms with Crippen LogP contribution in [0.5, 0.6) is 0 Å². The molecule has 0 aromatic heterocycles. The van der Waals surface area contributed by atoms with Crippen molar-refractivity contribution in [3.63, 3.8) is 0 Å². The number of guanidine groups is 1. The van der Waals surface area contributed by atoms with Crippen LogP contribution in [0.25, 0.3) is 0 Å². The second-order valence-corrected chi connectivity index (χ2v) is 8.05. The quantitative estimate of drug-likeness (QED) is 0.219. The van der Waals surface area contributed by atoms with Gasteiger partial charge >= 0.3 is 0 Å². The number of para-hydroxylation sites is 1. The zero-order valence-corrected chi connectivity index (χ0v) is 20.6. The molecule has 0 bridgehead atoms. The van der Waals surface area contributed by atoms with E-state index in [0.717, 1.165) is 50.8 Å². The van der Waals surface area contributed by atoms with Gasteiger partial charge in [0.25, 0.3) is 0 Å². The molecule has 2 aliphatic heterocycles. The molecule has 1 aromatic carbocycles. The van der Waals surface area contributed by atoms with Crippen molar-refractivity contribution in [2.45, 2.75) is 51.7 Å². The molecule has 1 amide bonds. The first-order valence-corrected chi connectivity index (χ1v) is 10.8. The number of hydrogen-bond acceptors (Lipinski definition) is 4. The van der Waals surface area contributed by atoms with E-state index in [4.69, 9.17) is 9.73 Å². The predicted octanol–water partition coefficient (Wildman–Crippen LogP) is 2.78.